The number of Topliss-reactive ketones (excluding diaryl/α,β-unsaturated/α-hetero) is 2. The van der Waals surface area contributed by atoms with Gasteiger partial charge in [0.25, 0.3) is 0 Å². The molecule has 0 spiro atoms. The zero-order valence-corrected chi connectivity index (χ0v) is 14.1. The molecule has 1 aliphatic carbocycles. The first-order chi connectivity index (χ1) is 10.9. The zero-order valence-electron chi connectivity index (χ0n) is 14.1. The third kappa shape index (κ3) is 4.76. The first kappa shape index (κ1) is 17.4. The molecule has 1 saturated carbocycles. The monoisotopic (exact) mass is 315 g/mol. The van der Waals surface area contributed by atoms with Crippen molar-refractivity contribution in [3.63, 3.8) is 0 Å². The summed E-state index contributed by atoms with van der Waals surface area (Å²) in [6.45, 7) is 6.31. The SMILES string of the molecule is CCCC(NOCc1ccccc1)=C1C(=O)CC(C)(C)CC1=O. The minimum absolute atomic E-state index is 0.0782. The van der Waals surface area contributed by atoms with Crippen LogP contribution in [0.1, 0.15) is 52.0 Å². The van der Waals surface area contributed by atoms with Crippen LogP contribution in [-0.4, -0.2) is 11.6 Å². The molecule has 1 aliphatic rings. The van der Waals surface area contributed by atoms with Crippen molar-refractivity contribution < 1.29 is 14.4 Å². The molecular formula is C19H25NO3. The van der Waals surface area contributed by atoms with Gasteiger partial charge in [-0.1, -0.05) is 57.5 Å². The summed E-state index contributed by atoms with van der Waals surface area (Å²) < 4.78 is 0. The Bertz CT molecular complexity index is 580. The summed E-state index contributed by atoms with van der Waals surface area (Å²) in [6, 6.07) is 9.77. The summed E-state index contributed by atoms with van der Waals surface area (Å²) in [5, 5.41) is 0. The number of benzene rings is 1. The average molecular weight is 315 g/mol. The van der Waals surface area contributed by atoms with Crippen LogP contribution in [0.2, 0.25) is 0 Å². The van der Waals surface area contributed by atoms with Crippen LogP contribution in [0, 0.1) is 5.41 Å². The molecule has 4 heteroatoms. The van der Waals surface area contributed by atoms with E-state index in [9.17, 15) is 9.59 Å². The average Bonchev–Trinajstić information content (AvgIpc) is 2.46. The summed E-state index contributed by atoms with van der Waals surface area (Å²) >= 11 is 0. The molecule has 0 amide bonds. The van der Waals surface area contributed by atoms with Crippen LogP contribution in [0.25, 0.3) is 0 Å². The van der Waals surface area contributed by atoms with Crippen molar-refractivity contribution in [2.45, 2.75) is 53.1 Å². The van der Waals surface area contributed by atoms with E-state index in [0.29, 0.717) is 37.1 Å². The zero-order chi connectivity index (χ0) is 16.9. The van der Waals surface area contributed by atoms with Gasteiger partial charge in [0, 0.05) is 12.8 Å². The van der Waals surface area contributed by atoms with Gasteiger partial charge in [0.2, 0.25) is 0 Å². The number of hydroxylamine groups is 1. The summed E-state index contributed by atoms with van der Waals surface area (Å²) in [6.07, 6.45) is 2.27. The predicted molar refractivity (Wildman–Crippen MR) is 89.3 cm³/mol. The Kier molecular flexibility index (Phi) is 5.72. The van der Waals surface area contributed by atoms with Gasteiger partial charge in [-0.05, 0) is 17.4 Å². The fourth-order valence-corrected chi connectivity index (χ4v) is 2.86. The van der Waals surface area contributed by atoms with E-state index in [1.54, 1.807) is 0 Å². The van der Waals surface area contributed by atoms with Crippen molar-refractivity contribution in [3.05, 3.63) is 47.2 Å². The lowest BCUT2D eigenvalue weighted by molar-refractivity contribution is -0.127. The molecule has 1 aromatic carbocycles. The van der Waals surface area contributed by atoms with Crippen molar-refractivity contribution in [2.75, 3.05) is 0 Å². The summed E-state index contributed by atoms with van der Waals surface area (Å²) in [4.78, 5) is 30.3. The van der Waals surface area contributed by atoms with Crippen LogP contribution in [0.5, 0.6) is 0 Å². The lowest BCUT2D eigenvalue weighted by Crippen LogP contribution is -2.34. The van der Waals surface area contributed by atoms with Crippen LogP contribution >= 0.6 is 0 Å². The molecule has 23 heavy (non-hydrogen) atoms. The van der Waals surface area contributed by atoms with Crippen molar-refractivity contribution in [3.8, 4) is 0 Å². The number of carbonyl (C=O) groups excluding carboxylic acids is 2. The van der Waals surface area contributed by atoms with E-state index in [0.717, 1.165) is 12.0 Å². The number of rotatable bonds is 6. The molecule has 0 heterocycles. The van der Waals surface area contributed by atoms with Gasteiger partial charge >= 0.3 is 0 Å². The highest BCUT2D eigenvalue weighted by atomic mass is 16.6. The molecule has 2 rings (SSSR count). The van der Waals surface area contributed by atoms with Crippen molar-refractivity contribution in [1.82, 2.24) is 5.48 Å². The van der Waals surface area contributed by atoms with Gasteiger partial charge in [-0.15, -0.1) is 0 Å². The van der Waals surface area contributed by atoms with E-state index in [1.165, 1.54) is 0 Å². The summed E-state index contributed by atoms with van der Waals surface area (Å²) in [5.41, 5.74) is 4.57. The van der Waals surface area contributed by atoms with E-state index in [-0.39, 0.29) is 17.0 Å². The highest BCUT2D eigenvalue weighted by Gasteiger charge is 2.37. The van der Waals surface area contributed by atoms with Crippen molar-refractivity contribution >= 4 is 11.6 Å². The molecule has 0 aromatic heterocycles. The van der Waals surface area contributed by atoms with Crippen LogP contribution in [0.3, 0.4) is 0 Å². The number of carbonyl (C=O) groups is 2. The van der Waals surface area contributed by atoms with E-state index in [1.807, 2.05) is 51.1 Å². The fraction of sp³-hybridized carbons (Fsp3) is 0.474. The Hall–Kier alpha value is -1.94. The van der Waals surface area contributed by atoms with Crippen LogP contribution < -0.4 is 5.48 Å². The Morgan fingerprint density at radius 3 is 2.30 bits per heavy atom. The van der Waals surface area contributed by atoms with Gasteiger partial charge in [-0.2, -0.15) is 0 Å². The van der Waals surface area contributed by atoms with Crippen LogP contribution in [-0.2, 0) is 21.0 Å². The molecule has 0 aliphatic heterocycles. The van der Waals surface area contributed by atoms with Gasteiger partial charge in [0.05, 0.1) is 17.9 Å². The van der Waals surface area contributed by atoms with Gasteiger partial charge in [0.1, 0.15) is 0 Å². The largest absolute Gasteiger partial charge is 0.294 e. The second kappa shape index (κ2) is 7.55. The standard InChI is InChI=1S/C19H25NO3/c1-4-8-15(20-23-13-14-9-6-5-7-10-14)18-16(21)11-19(2,3)12-17(18)22/h5-7,9-10,20H,4,8,11-13H2,1-3H3. The molecular weight excluding hydrogens is 290 g/mol. The smallest absolute Gasteiger partial charge is 0.168 e. The van der Waals surface area contributed by atoms with E-state index in [4.69, 9.17) is 4.84 Å². The lowest BCUT2D eigenvalue weighted by Gasteiger charge is -2.29. The van der Waals surface area contributed by atoms with Crippen LogP contribution in [0.15, 0.2) is 41.6 Å². The maximum Gasteiger partial charge on any atom is 0.168 e. The van der Waals surface area contributed by atoms with E-state index >= 15 is 0 Å². The molecule has 4 nitrogen and oxygen atoms in total. The molecule has 1 aromatic rings. The quantitative estimate of drug-likeness (QED) is 0.494. The van der Waals surface area contributed by atoms with Gasteiger partial charge in [0.15, 0.2) is 11.6 Å². The van der Waals surface area contributed by atoms with Crippen LogP contribution in [0.4, 0.5) is 0 Å². The number of nitrogens with one attached hydrogen (secondary N) is 1. The van der Waals surface area contributed by atoms with Gasteiger partial charge in [-0.3, -0.25) is 19.9 Å². The first-order valence-corrected chi connectivity index (χ1v) is 8.14. The molecule has 0 saturated heterocycles. The normalized spacial score (nSPS) is 17.3. The number of allylic oxidation sites excluding steroid dienone is 2. The minimum Gasteiger partial charge on any atom is -0.294 e. The second-order valence-electron chi connectivity index (χ2n) is 6.84. The Morgan fingerprint density at radius 2 is 1.74 bits per heavy atom. The Balaban J connectivity index is 2.10. The Morgan fingerprint density at radius 1 is 1.13 bits per heavy atom. The highest BCUT2D eigenvalue weighted by Crippen LogP contribution is 2.34. The molecule has 0 atom stereocenters. The number of ketones is 2. The molecule has 1 N–H and O–H groups in total. The number of hydrogen-bond donors (Lipinski definition) is 1. The molecule has 124 valence electrons. The van der Waals surface area contributed by atoms with Crippen molar-refractivity contribution in [2.24, 2.45) is 5.41 Å². The molecule has 1 fully saturated rings. The third-order valence-electron chi connectivity index (χ3n) is 3.91. The fourth-order valence-electron chi connectivity index (χ4n) is 2.86. The first-order valence-electron chi connectivity index (χ1n) is 8.14. The Labute approximate surface area is 137 Å². The van der Waals surface area contributed by atoms with E-state index in [2.05, 4.69) is 5.48 Å². The maximum atomic E-state index is 12.4. The van der Waals surface area contributed by atoms with E-state index < -0.39 is 0 Å². The van der Waals surface area contributed by atoms with Crippen molar-refractivity contribution in [1.29, 1.82) is 0 Å². The molecule has 0 radical (unpaired) electrons. The highest BCUT2D eigenvalue weighted by molar-refractivity contribution is 6.22. The topological polar surface area (TPSA) is 55.4 Å². The third-order valence-corrected chi connectivity index (χ3v) is 3.91. The molecule has 0 bridgehead atoms. The molecule has 0 unspecified atom stereocenters. The lowest BCUT2D eigenvalue weighted by atomic mass is 9.73. The summed E-state index contributed by atoms with van der Waals surface area (Å²) in [5.74, 6) is -0.156. The summed E-state index contributed by atoms with van der Waals surface area (Å²) in [7, 11) is 0. The predicted octanol–water partition coefficient (Wildman–Crippen LogP) is 3.72. The number of hydrogen-bond acceptors (Lipinski definition) is 4. The van der Waals surface area contributed by atoms with Gasteiger partial charge < -0.3 is 0 Å². The maximum absolute atomic E-state index is 12.4. The minimum atomic E-state index is -0.250. The second-order valence-corrected chi connectivity index (χ2v) is 6.84. The van der Waals surface area contributed by atoms with Gasteiger partial charge in [-0.25, -0.2) is 0 Å².